The minimum Gasteiger partial charge on any atom is -0.490 e. The first-order valence-electron chi connectivity index (χ1n) is 12.0. The zero-order valence-electron chi connectivity index (χ0n) is 20.4. The SMILES string of the molecule is C[C@]1(COc2ccc(N3CCC(Oc4cccc(OC(F)(F)F)c4)CC3)cc2)Cn2cc([N+](=O)[O-])nc2O1. The fraction of sp³-hybridized carbons (Fsp3) is 0.400. The number of alkyl halides is 3. The van der Waals surface area contributed by atoms with E-state index < -0.39 is 16.9 Å². The molecule has 2 aliphatic rings. The molecule has 1 aromatic heterocycles. The lowest BCUT2D eigenvalue weighted by Crippen LogP contribution is -2.38. The maximum absolute atomic E-state index is 12.5. The third-order valence-corrected chi connectivity index (χ3v) is 6.29. The number of fused-ring (bicyclic) bond motifs is 1. The molecule has 10 nitrogen and oxygen atoms in total. The van der Waals surface area contributed by atoms with E-state index in [0.29, 0.717) is 30.9 Å². The number of anilines is 1. The van der Waals surface area contributed by atoms with Gasteiger partial charge in [-0.2, -0.15) is 0 Å². The molecule has 202 valence electrons. The number of hydrogen-bond acceptors (Lipinski definition) is 8. The summed E-state index contributed by atoms with van der Waals surface area (Å²) in [5.41, 5.74) is 0.322. The average molecular weight is 534 g/mol. The number of hydrogen-bond donors (Lipinski definition) is 0. The molecule has 1 atom stereocenters. The van der Waals surface area contributed by atoms with Crippen molar-refractivity contribution in [1.29, 1.82) is 0 Å². The molecule has 0 saturated carbocycles. The van der Waals surface area contributed by atoms with Crippen molar-refractivity contribution < 1.29 is 37.0 Å². The van der Waals surface area contributed by atoms with Gasteiger partial charge in [0.2, 0.25) is 0 Å². The monoisotopic (exact) mass is 534 g/mol. The Morgan fingerprint density at radius 2 is 1.84 bits per heavy atom. The molecule has 3 aromatic rings. The highest BCUT2D eigenvalue weighted by Gasteiger charge is 2.41. The Morgan fingerprint density at radius 3 is 2.50 bits per heavy atom. The lowest BCUT2D eigenvalue weighted by atomic mass is 10.1. The van der Waals surface area contributed by atoms with Gasteiger partial charge in [-0.25, -0.2) is 0 Å². The molecule has 5 rings (SSSR count). The van der Waals surface area contributed by atoms with Crippen molar-refractivity contribution in [3.05, 3.63) is 64.8 Å². The fourth-order valence-corrected chi connectivity index (χ4v) is 4.51. The van der Waals surface area contributed by atoms with Crippen LogP contribution in [0.3, 0.4) is 0 Å². The van der Waals surface area contributed by atoms with Crippen LogP contribution in [0.4, 0.5) is 24.7 Å². The van der Waals surface area contributed by atoms with Crippen LogP contribution in [-0.2, 0) is 6.54 Å². The van der Waals surface area contributed by atoms with Crippen molar-refractivity contribution in [2.45, 2.75) is 44.4 Å². The van der Waals surface area contributed by atoms with Crippen molar-refractivity contribution >= 4 is 11.5 Å². The highest BCUT2D eigenvalue weighted by Crippen LogP contribution is 2.32. The minimum atomic E-state index is -4.75. The maximum Gasteiger partial charge on any atom is 0.573 e. The van der Waals surface area contributed by atoms with Crippen LogP contribution in [0.2, 0.25) is 0 Å². The lowest BCUT2D eigenvalue weighted by Gasteiger charge is -2.34. The Morgan fingerprint density at radius 1 is 1.13 bits per heavy atom. The van der Waals surface area contributed by atoms with Gasteiger partial charge in [-0.05, 0) is 48.2 Å². The highest BCUT2D eigenvalue weighted by atomic mass is 19.4. The maximum atomic E-state index is 12.5. The van der Waals surface area contributed by atoms with Crippen LogP contribution in [0.5, 0.6) is 23.3 Å². The van der Waals surface area contributed by atoms with E-state index in [1.54, 1.807) is 10.6 Å². The number of ether oxygens (including phenoxy) is 4. The summed E-state index contributed by atoms with van der Waals surface area (Å²) in [5.74, 6) is 0.443. The highest BCUT2D eigenvalue weighted by molar-refractivity contribution is 5.49. The molecule has 0 amide bonds. The normalized spacial score (nSPS) is 19.5. The molecular formula is C25H25F3N4O6. The van der Waals surface area contributed by atoms with E-state index in [1.807, 2.05) is 31.2 Å². The largest absolute Gasteiger partial charge is 0.573 e. The number of aromatic nitrogens is 2. The molecule has 0 spiro atoms. The summed E-state index contributed by atoms with van der Waals surface area (Å²) in [5, 5.41) is 10.9. The van der Waals surface area contributed by atoms with Crippen molar-refractivity contribution in [3.8, 4) is 23.3 Å². The Labute approximate surface area is 215 Å². The van der Waals surface area contributed by atoms with Gasteiger partial charge in [-0.1, -0.05) is 6.07 Å². The molecule has 2 aliphatic heterocycles. The van der Waals surface area contributed by atoms with E-state index >= 15 is 0 Å². The smallest absolute Gasteiger partial charge is 0.490 e. The number of nitro groups is 1. The van der Waals surface area contributed by atoms with Crippen LogP contribution >= 0.6 is 0 Å². The predicted octanol–water partition coefficient (Wildman–Crippen LogP) is 4.97. The first-order chi connectivity index (χ1) is 18.1. The zero-order chi connectivity index (χ0) is 26.9. The molecule has 1 fully saturated rings. The van der Waals surface area contributed by atoms with Gasteiger partial charge in [0, 0.05) is 42.7 Å². The van der Waals surface area contributed by atoms with Gasteiger partial charge in [0.25, 0.3) is 0 Å². The van der Waals surface area contributed by atoms with Gasteiger partial charge < -0.3 is 34.0 Å². The second-order valence-electron chi connectivity index (χ2n) is 9.43. The van der Waals surface area contributed by atoms with Gasteiger partial charge >= 0.3 is 18.2 Å². The molecule has 0 N–H and O–H groups in total. The van der Waals surface area contributed by atoms with E-state index in [9.17, 15) is 23.3 Å². The van der Waals surface area contributed by atoms with Gasteiger partial charge in [0.1, 0.15) is 36.2 Å². The zero-order valence-corrected chi connectivity index (χ0v) is 20.4. The van der Waals surface area contributed by atoms with Crippen LogP contribution in [0.1, 0.15) is 19.8 Å². The summed E-state index contributed by atoms with van der Waals surface area (Å²) >= 11 is 0. The van der Waals surface area contributed by atoms with Crippen molar-refractivity contribution in [2.75, 3.05) is 24.6 Å². The molecular weight excluding hydrogens is 509 g/mol. The van der Waals surface area contributed by atoms with Gasteiger partial charge in [-0.15, -0.1) is 13.2 Å². The van der Waals surface area contributed by atoms with Crippen molar-refractivity contribution in [1.82, 2.24) is 9.55 Å². The Balaban J connectivity index is 1.09. The summed E-state index contributed by atoms with van der Waals surface area (Å²) in [6.07, 6.45) is -2.08. The van der Waals surface area contributed by atoms with E-state index in [0.717, 1.165) is 18.8 Å². The van der Waals surface area contributed by atoms with Crippen LogP contribution in [0.15, 0.2) is 54.7 Å². The quantitative estimate of drug-likeness (QED) is 0.295. The number of benzene rings is 2. The van der Waals surface area contributed by atoms with Gasteiger partial charge in [0.15, 0.2) is 5.60 Å². The second kappa shape index (κ2) is 9.95. The number of nitrogens with zero attached hydrogens (tertiary/aromatic N) is 4. The average Bonchev–Trinajstić information content (AvgIpc) is 3.39. The van der Waals surface area contributed by atoms with Crippen LogP contribution in [-0.4, -0.2) is 52.2 Å². The summed E-state index contributed by atoms with van der Waals surface area (Å²) in [6.45, 7) is 3.94. The first kappa shape index (κ1) is 25.5. The number of rotatable bonds is 8. The number of imidazole rings is 1. The summed E-state index contributed by atoms with van der Waals surface area (Å²) in [4.78, 5) is 16.4. The molecule has 38 heavy (non-hydrogen) atoms. The summed E-state index contributed by atoms with van der Waals surface area (Å²) in [6, 6.07) is 13.4. The molecule has 3 heterocycles. The van der Waals surface area contributed by atoms with Crippen LogP contribution in [0, 0.1) is 10.1 Å². The van der Waals surface area contributed by atoms with E-state index in [1.165, 1.54) is 24.4 Å². The third kappa shape index (κ3) is 6.03. The van der Waals surface area contributed by atoms with Crippen molar-refractivity contribution in [2.24, 2.45) is 0 Å². The Kier molecular flexibility index (Phi) is 6.67. The third-order valence-electron chi connectivity index (χ3n) is 6.29. The lowest BCUT2D eigenvalue weighted by molar-refractivity contribution is -0.389. The predicted molar refractivity (Wildman–Crippen MR) is 129 cm³/mol. The molecule has 0 aliphatic carbocycles. The van der Waals surface area contributed by atoms with E-state index in [-0.39, 0.29) is 30.3 Å². The molecule has 0 bridgehead atoms. The molecule has 13 heteroatoms. The summed E-state index contributed by atoms with van der Waals surface area (Å²) < 4.78 is 60.5. The minimum absolute atomic E-state index is 0.113. The topological polar surface area (TPSA) is 101 Å². The first-order valence-corrected chi connectivity index (χ1v) is 12.0. The standard InChI is InChI=1S/C25H25F3N4O6/c1-24(15-31-14-22(32(33)34)29-23(31)38-24)16-35-18-7-5-17(6-8-18)30-11-9-19(10-12-30)36-20-3-2-4-21(13-20)37-25(26,27)28/h2-8,13-14,19H,9-12,15-16H2,1H3/t24-/m1/s1. The van der Waals surface area contributed by atoms with E-state index in [2.05, 4.69) is 14.6 Å². The van der Waals surface area contributed by atoms with Crippen LogP contribution in [0.25, 0.3) is 0 Å². The number of piperidine rings is 1. The second-order valence-corrected chi connectivity index (χ2v) is 9.43. The Hall–Kier alpha value is -4.16. The molecule has 2 aromatic carbocycles. The van der Waals surface area contributed by atoms with Crippen LogP contribution < -0.4 is 23.8 Å². The fourth-order valence-electron chi connectivity index (χ4n) is 4.51. The molecule has 0 radical (unpaired) electrons. The van der Waals surface area contributed by atoms with Crippen molar-refractivity contribution in [3.63, 3.8) is 0 Å². The van der Waals surface area contributed by atoms with Gasteiger partial charge in [-0.3, -0.25) is 4.57 Å². The van der Waals surface area contributed by atoms with E-state index in [4.69, 9.17) is 14.2 Å². The summed E-state index contributed by atoms with van der Waals surface area (Å²) in [7, 11) is 0. The molecule has 0 unspecified atom stereocenters. The molecule has 1 saturated heterocycles. The number of halogens is 3. The van der Waals surface area contributed by atoms with Gasteiger partial charge in [0.05, 0.1) is 6.54 Å². The Bertz CT molecular complexity index is 1270.